The van der Waals surface area contributed by atoms with Gasteiger partial charge in [-0.25, -0.2) is 0 Å². The smallest absolute Gasteiger partial charge is 0.137 e. The molecule has 0 saturated heterocycles. The van der Waals surface area contributed by atoms with Crippen LogP contribution >= 0.6 is 0 Å². The van der Waals surface area contributed by atoms with E-state index in [0.717, 1.165) is 12.0 Å². The zero-order chi connectivity index (χ0) is 14.6. The molecule has 0 bridgehead atoms. The van der Waals surface area contributed by atoms with Gasteiger partial charge in [0.1, 0.15) is 5.78 Å². The van der Waals surface area contributed by atoms with Gasteiger partial charge in [0.15, 0.2) is 0 Å². The number of ketones is 1. The van der Waals surface area contributed by atoms with E-state index in [1.54, 1.807) is 7.11 Å². The van der Waals surface area contributed by atoms with Crippen molar-refractivity contribution in [3.63, 3.8) is 0 Å². The van der Waals surface area contributed by atoms with E-state index in [0.29, 0.717) is 12.8 Å². The van der Waals surface area contributed by atoms with Crippen molar-refractivity contribution in [1.82, 2.24) is 0 Å². The number of ether oxygens (including phenoxy) is 1. The van der Waals surface area contributed by atoms with E-state index in [9.17, 15) is 4.79 Å². The van der Waals surface area contributed by atoms with Crippen LogP contribution in [0.4, 0.5) is 0 Å². The Bertz CT molecular complexity index is 599. The Hall–Kier alpha value is -1.67. The van der Waals surface area contributed by atoms with Crippen LogP contribution in [0, 0.1) is 0 Å². The van der Waals surface area contributed by atoms with Gasteiger partial charge in [0, 0.05) is 20.0 Å². The van der Waals surface area contributed by atoms with Crippen molar-refractivity contribution in [2.75, 3.05) is 7.11 Å². The summed E-state index contributed by atoms with van der Waals surface area (Å²) >= 11 is 0. The molecule has 2 aromatic carbocycles. The van der Waals surface area contributed by atoms with E-state index in [1.165, 1.54) is 10.8 Å². The lowest BCUT2D eigenvalue weighted by Gasteiger charge is -2.22. The molecule has 0 aromatic heterocycles. The lowest BCUT2D eigenvalue weighted by atomic mass is 9.97. The SMILES string of the molecule is COC(C)(C)CCC(=O)Cc1ccc2ccccc2c1. The van der Waals surface area contributed by atoms with E-state index >= 15 is 0 Å². The third-order valence-corrected chi connectivity index (χ3v) is 3.77. The van der Waals surface area contributed by atoms with Crippen LogP contribution in [0.3, 0.4) is 0 Å². The molecule has 0 radical (unpaired) electrons. The number of methoxy groups -OCH3 is 1. The van der Waals surface area contributed by atoms with Gasteiger partial charge in [-0.05, 0) is 36.6 Å². The highest BCUT2D eigenvalue weighted by molar-refractivity contribution is 5.86. The summed E-state index contributed by atoms with van der Waals surface area (Å²) < 4.78 is 5.34. The van der Waals surface area contributed by atoms with Crippen LogP contribution in [0.2, 0.25) is 0 Å². The maximum Gasteiger partial charge on any atom is 0.137 e. The number of benzene rings is 2. The number of rotatable bonds is 6. The molecule has 2 nitrogen and oxygen atoms in total. The second-order valence-corrected chi connectivity index (χ2v) is 5.86. The minimum atomic E-state index is -0.223. The molecule has 0 atom stereocenters. The van der Waals surface area contributed by atoms with Crippen molar-refractivity contribution < 1.29 is 9.53 Å². The molecule has 0 spiro atoms. The van der Waals surface area contributed by atoms with E-state index < -0.39 is 0 Å². The predicted molar refractivity (Wildman–Crippen MR) is 83.0 cm³/mol. The summed E-state index contributed by atoms with van der Waals surface area (Å²) in [4.78, 5) is 12.1. The third kappa shape index (κ3) is 3.91. The Morgan fingerprint density at radius 1 is 1.10 bits per heavy atom. The first-order valence-corrected chi connectivity index (χ1v) is 7.05. The number of hydrogen-bond donors (Lipinski definition) is 0. The number of carbonyl (C=O) groups is 1. The van der Waals surface area contributed by atoms with Gasteiger partial charge in [-0.1, -0.05) is 42.5 Å². The van der Waals surface area contributed by atoms with Crippen LogP contribution in [0.15, 0.2) is 42.5 Å². The van der Waals surface area contributed by atoms with E-state index in [1.807, 2.05) is 32.0 Å². The molecule has 0 aliphatic heterocycles. The van der Waals surface area contributed by atoms with Crippen LogP contribution < -0.4 is 0 Å². The van der Waals surface area contributed by atoms with Crippen LogP contribution in [0.25, 0.3) is 10.8 Å². The molecule has 0 saturated carbocycles. The highest BCUT2D eigenvalue weighted by atomic mass is 16.5. The molecule has 0 fully saturated rings. The molecule has 20 heavy (non-hydrogen) atoms. The maximum absolute atomic E-state index is 12.1. The first-order chi connectivity index (χ1) is 9.50. The summed E-state index contributed by atoms with van der Waals surface area (Å²) in [6, 6.07) is 14.4. The largest absolute Gasteiger partial charge is 0.379 e. The Balaban J connectivity index is 1.99. The number of hydrogen-bond acceptors (Lipinski definition) is 2. The van der Waals surface area contributed by atoms with Crippen LogP contribution in [0.5, 0.6) is 0 Å². The van der Waals surface area contributed by atoms with Crippen molar-refractivity contribution in [2.24, 2.45) is 0 Å². The van der Waals surface area contributed by atoms with Crippen LogP contribution in [-0.2, 0) is 16.0 Å². The third-order valence-electron chi connectivity index (χ3n) is 3.77. The van der Waals surface area contributed by atoms with Gasteiger partial charge in [0.05, 0.1) is 5.60 Å². The molecule has 2 aromatic rings. The monoisotopic (exact) mass is 270 g/mol. The fourth-order valence-corrected chi connectivity index (χ4v) is 2.21. The molecular weight excluding hydrogens is 248 g/mol. The minimum Gasteiger partial charge on any atom is -0.379 e. The summed E-state index contributed by atoms with van der Waals surface area (Å²) in [5, 5.41) is 2.40. The molecule has 2 rings (SSSR count). The fourth-order valence-electron chi connectivity index (χ4n) is 2.21. The van der Waals surface area contributed by atoms with Crippen molar-refractivity contribution >= 4 is 16.6 Å². The lowest BCUT2D eigenvalue weighted by Crippen LogP contribution is -2.23. The topological polar surface area (TPSA) is 26.3 Å². The minimum absolute atomic E-state index is 0.223. The van der Waals surface area contributed by atoms with Crippen LogP contribution in [-0.4, -0.2) is 18.5 Å². The first-order valence-electron chi connectivity index (χ1n) is 7.05. The van der Waals surface area contributed by atoms with Gasteiger partial charge in [0.25, 0.3) is 0 Å². The molecular formula is C18H22O2. The number of carbonyl (C=O) groups excluding carboxylic acids is 1. The first kappa shape index (κ1) is 14.7. The van der Waals surface area contributed by atoms with Crippen molar-refractivity contribution in [3.8, 4) is 0 Å². The Labute approximate surface area is 120 Å². The summed E-state index contributed by atoms with van der Waals surface area (Å²) in [6.07, 6.45) is 1.83. The summed E-state index contributed by atoms with van der Waals surface area (Å²) in [7, 11) is 1.69. The van der Waals surface area contributed by atoms with E-state index in [4.69, 9.17) is 4.74 Å². The second-order valence-electron chi connectivity index (χ2n) is 5.86. The van der Waals surface area contributed by atoms with Crippen molar-refractivity contribution in [1.29, 1.82) is 0 Å². The number of fused-ring (bicyclic) bond motifs is 1. The maximum atomic E-state index is 12.1. The molecule has 0 amide bonds. The van der Waals surface area contributed by atoms with Gasteiger partial charge >= 0.3 is 0 Å². The normalized spacial score (nSPS) is 11.8. The predicted octanol–water partition coefficient (Wildman–Crippen LogP) is 4.16. The van der Waals surface area contributed by atoms with Gasteiger partial charge in [-0.3, -0.25) is 4.79 Å². The van der Waals surface area contributed by atoms with E-state index in [-0.39, 0.29) is 11.4 Å². The highest BCUT2D eigenvalue weighted by Crippen LogP contribution is 2.19. The van der Waals surface area contributed by atoms with E-state index in [2.05, 4.69) is 24.3 Å². The molecule has 106 valence electrons. The van der Waals surface area contributed by atoms with Crippen molar-refractivity contribution in [3.05, 3.63) is 48.0 Å². The molecule has 2 heteroatoms. The van der Waals surface area contributed by atoms with Gasteiger partial charge in [-0.2, -0.15) is 0 Å². The molecule has 0 N–H and O–H groups in total. The molecule has 0 aliphatic carbocycles. The standard InChI is InChI=1S/C18H22O2/c1-18(2,20-3)11-10-17(19)13-14-8-9-15-6-4-5-7-16(15)12-14/h4-9,12H,10-11,13H2,1-3H3. The van der Waals surface area contributed by atoms with Gasteiger partial charge in [-0.15, -0.1) is 0 Å². The Morgan fingerprint density at radius 3 is 2.50 bits per heavy atom. The zero-order valence-corrected chi connectivity index (χ0v) is 12.5. The summed E-state index contributed by atoms with van der Waals surface area (Å²) in [5.41, 5.74) is 0.864. The molecule has 0 aliphatic rings. The highest BCUT2D eigenvalue weighted by Gasteiger charge is 2.18. The van der Waals surface area contributed by atoms with Gasteiger partial charge < -0.3 is 4.74 Å². The lowest BCUT2D eigenvalue weighted by molar-refractivity contribution is -0.119. The van der Waals surface area contributed by atoms with Crippen LogP contribution in [0.1, 0.15) is 32.3 Å². The fraction of sp³-hybridized carbons (Fsp3) is 0.389. The van der Waals surface area contributed by atoms with Gasteiger partial charge in [0.2, 0.25) is 0 Å². The zero-order valence-electron chi connectivity index (χ0n) is 12.5. The Kier molecular flexibility index (Phi) is 4.56. The Morgan fingerprint density at radius 2 is 1.80 bits per heavy atom. The molecule has 0 unspecified atom stereocenters. The average molecular weight is 270 g/mol. The second kappa shape index (κ2) is 6.19. The average Bonchev–Trinajstić information content (AvgIpc) is 2.45. The number of Topliss-reactive ketones (excluding diaryl/α,β-unsaturated/α-hetero) is 1. The summed E-state index contributed by atoms with van der Waals surface area (Å²) in [5.74, 6) is 0.269. The quantitative estimate of drug-likeness (QED) is 0.788. The summed E-state index contributed by atoms with van der Waals surface area (Å²) in [6.45, 7) is 4.02. The van der Waals surface area contributed by atoms with Crippen molar-refractivity contribution in [2.45, 2.75) is 38.7 Å². The molecule has 0 heterocycles.